The number of rotatable bonds is 6. The van der Waals surface area contributed by atoms with Crippen LogP contribution in [0.4, 0.5) is 5.69 Å². The first-order valence-corrected chi connectivity index (χ1v) is 7.00. The summed E-state index contributed by atoms with van der Waals surface area (Å²) >= 11 is 0. The normalized spacial score (nSPS) is 11.0. The third kappa shape index (κ3) is 3.88. The fourth-order valence-electron chi connectivity index (χ4n) is 2.09. The number of nitrogens with one attached hydrogen (secondary N) is 2. The molecule has 0 saturated carbocycles. The molecule has 0 fully saturated rings. The Hall–Kier alpha value is -2.21. The highest BCUT2D eigenvalue weighted by Crippen LogP contribution is 2.25. The molecule has 0 radical (unpaired) electrons. The first-order valence-electron chi connectivity index (χ1n) is 7.00. The molecule has 0 atom stereocenters. The Morgan fingerprint density at radius 1 is 1.43 bits per heavy atom. The third-order valence-corrected chi connectivity index (χ3v) is 3.26. The van der Waals surface area contributed by atoms with Gasteiger partial charge in [0.15, 0.2) is 0 Å². The molecule has 0 saturated heterocycles. The molecule has 21 heavy (non-hydrogen) atoms. The molecule has 0 bridgehead atoms. The summed E-state index contributed by atoms with van der Waals surface area (Å²) in [6, 6.07) is 5.65. The van der Waals surface area contributed by atoms with Crippen molar-refractivity contribution in [3.05, 3.63) is 45.9 Å². The summed E-state index contributed by atoms with van der Waals surface area (Å²) in [7, 11) is 0. The first kappa shape index (κ1) is 15.2. The molecule has 2 aromatic rings. The van der Waals surface area contributed by atoms with Crippen molar-refractivity contribution in [2.75, 3.05) is 6.54 Å². The number of aromatic amines is 1. The topological polar surface area (TPSA) is 83.8 Å². The van der Waals surface area contributed by atoms with E-state index in [2.05, 4.69) is 29.1 Å². The number of H-pyrrole nitrogens is 1. The largest absolute Gasteiger partial charge is 0.342 e. The van der Waals surface area contributed by atoms with Gasteiger partial charge in [-0.3, -0.25) is 10.1 Å². The van der Waals surface area contributed by atoms with Crippen LogP contribution in [0.25, 0.3) is 11.3 Å². The number of hydrogen-bond acceptors (Lipinski definition) is 4. The lowest BCUT2D eigenvalue weighted by atomic mass is 10.1. The van der Waals surface area contributed by atoms with E-state index in [1.165, 1.54) is 0 Å². The van der Waals surface area contributed by atoms with Crippen LogP contribution >= 0.6 is 0 Å². The van der Waals surface area contributed by atoms with Crippen LogP contribution in [-0.2, 0) is 6.42 Å². The van der Waals surface area contributed by atoms with Gasteiger partial charge in [0, 0.05) is 36.2 Å². The molecule has 6 heteroatoms. The van der Waals surface area contributed by atoms with Gasteiger partial charge in [-0.1, -0.05) is 26.0 Å². The summed E-state index contributed by atoms with van der Waals surface area (Å²) in [5.41, 5.74) is 2.37. The second kappa shape index (κ2) is 6.49. The van der Waals surface area contributed by atoms with Crippen molar-refractivity contribution < 1.29 is 4.92 Å². The van der Waals surface area contributed by atoms with Crippen molar-refractivity contribution in [1.29, 1.82) is 0 Å². The number of hydrogen-bond donors (Lipinski definition) is 2. The zero-order valence-corrected chi connectivity index (χ0v) is 12.5. The van der Waals surface area contributed by atoms with Gasteiger partial charge in [-0.15, -0.1) is 0 Å². The average molecular weight is 288 g/mol. The quantitative estimate of drug-likeness (QED) is 0.632. The Balaban J connectivity index is 2.14. The van der Waals surface area contributed by atoms with Crippen molar-refractivity contribution in [2.24, 2.45) is 0 Å². The first-order chi connectivity index (χ1) is 9.97. The molecule has 1 heterocycles. The lowest BCUT2D eigenvalue weighted by Crippen LogP contribution is -2.25. The van der Waals surface area contributed by atoms with E-state index in [1.807, 2.05) is 6.07 Å². The van der Waals surface area contributed by atoms with E-state index in [0.717, 1.165) is 30.0 Å². The molecule has 0 spiro atoms. The van der Waals surface area contributed by atoms with Crippen LogP contribution in [0.1, 0.15) is 25.2 Å². The number of nitro groups is 1. The minimum atomic E-state index is -0.358. The van der Waals surface area contributed by atoms with Crippen LogP contribution in [-0.4, -0.2) is 27.5 Å². The molecule has 0 aliphatic heterocycles. The molecule has 1 aromatic carbocycles. The summed E-state index contributed by atoms with van der Waals surface area (Å²) < 4.78 is 0. The van der Waals surface area contributed by atoms with Crippen molar-refractivity contribution in [3.8, 4) is 11.3 Å². The Labute approximate surface area is 123 Å². The summed E-state index contributed by atoms with van der Waals surface area (Å²) in [4.78, 5) is 18.2. The van der Waals surface area contributed by atoms with Crippen molar-refractivity contribution in [3.63, 3.8) is 0 Å². The number of aromatic nitrogens is 2. The Morgan fingerprint density at radius 3 is 2.86 bits per heavy atom. The summed E-state index contributed by atoms with van der Waals surface area (Å²) in [5.74, 6) is 0.876. The second-order valence-corrected chi connectivity index (χ2v) is 5.36. The minimum absolute atomic E-state index is 0.130. The van der Waals surface area contributed by atoms with Gasteiger partial charge >= 0.3 is 0 Å². The van der Waals surface area contributed by atoms with Gasteiger partial charge in [-0.2, -0.15) is 0 Å². The fraction of sp³-hybridized carbons (Fsp3) is 0.400. The fourth-order valence-corrected chi connectivity index (χ4v) is 2.09. The van der Waals surface area contributed by atoms with Crippen molar-refractivity contribution in [1.82, 2.24) is 15.3 Å². The van der Waals surface area contributed by atoms with Gasteiger partial charge in [0.2, 0.25) is 0 Å². The van der Waals surface area contributed by atoms with Gasteiger partial charge in [0.25, 0.3) is 5.69 Å². The zero-order valence-electron chi connectivity index (χ0n) is 12.5. The van der Waals surface area contributed by atoms with Crippen LogP contribution in [0.5, 0.6) is 0 Å². The van der Waals surface area contributed by atoms with Crippen molar-refractivity contribution >= 4 is 5.69 Å². The highest BCUT2D eigenvalue weighted by molar-refractivity contribution is 5.63. The molecule has 1 aromatic heterocycles. The van der Waals surface area contributed by atoms with Gasteiger partial charge in [-0.05, 0) is 6.92 Å². The van der Waals surface area contributed by atoms with E-state index < -0.39 is 0 Å². The van der Waals surface area contributed by atoms with E-state index in [4.69, 9.17) is 0 Å². The van der Waals surface area contributed by atoms with Crippen LogP contribution in [0.15, 0.2) is 24.4 Å². The Kier molecular flexibility index (Phi) is 4.70. The molecule has 2 N–H and O–H groups in total. The van der Waals surface area contributed by atoms with Gasteiger partial charge in [0.05, 0.1) is 16.8 Å². The van der Waals surface area contributed by atoms with Gasteiger partial charge in [-0.25, -0.2) is 4.98 Å². The third-order valence-electron chi connectivity index (χ3n) is 3.26. The van der Waals surface area contributed by atoms with Crippen LogP contribution in [0.2, 0.25) is 0 Å². The maximum absolute atomic E-state index is 11.0. The van der Waals surface area contributed by atoms with E-state index in [1.54, 1.807) is 25.3 Å². The highest BCUT2D eigenvalue weighted by atomic mass is 16.6. The molecule has 0 unspecified atom stereocenters. The predicted octanol–water partition coefficient (Wildman–Crippen LogP) is 2.83. The van der Waals surface area contributed by atoms with Crippen LogP contribution in [0, 0.1) is 17.0 Å². The van der Waals surface area contributed by atoms with Crippen LogP contribution < -0.4 is 5.32 Å². The van der Waals surface area contributed by atoms with E-state index in [9.17, 15) is 10.1 Å². The highest BCUT2D eigenvalue weighted by Gasteiger charge is 2.13. The lowest BCUT2D eigenvalue weighted by Gasteiger charge is -2.05. The van der Waals surface area contributed by atoms with E-state index >= 15 is 0 Å². The summed E-state index contributed by atoms with van der Waals surface area (Å²) in [5, 5.41) is 14.3. The number of nitrogens with zero attached hydrogens (tertiary/aromatic N) is 2. The molecular weight excluding hydrogens is 268 g/mol. The Morgan fingerprint density at radius 2 is 2.19 bits per heavy atom. The maximum atomic E-state index is 11.0. The molecule has 2 rings (SSSR count). The number of imidazole rings is 1. The average Bonchev–Trinajstić information content (AvgIpc) is 2.87. The maximum Gasteiger partial charge on any atom is 0.272 e. The van der Waals surface area contributed by atoms with Gasteiger partial charge in [0.1, 0.15) is 5.82 Å². The molecule has 0 aliphatic rings. The van der Waals surface area contributed by atoms with Crippen LogP contribution in [0.3, 0.4) is 0 Å². The monoisotopic (exact) mass is 288 g/mol. The predicted molar refractivity (Wildman–Crippen MR) is 82.3 cm³/mol. The molecular formula is C15H20N4O2. The SMILES string of the molecule is Cc1ccc(-c2cnc(CCNC(C)C)[nH]2)cc1[N+](=O)[O-]. The minimum Gasteiger partial charge on any atom is -0.342 e. The standard InChI is InChI=1S/C15H20N4O2/c1-10(2)16-7-6-15-17-9-13(18-15)12-5-4-11(3)14(8-12)19(20)21/h4-5,8-10,16H,6-7H2,1-3H3,(H,17,18). The van der Waals surface area contributed by atoms with Crippen molar-refractivity contribution in [2.45, 2.75) is 33.2 Å². The second-order valence-electron chi connectivity index (χ2n) is 5.36. The summed E-state index contributed by atoms with van der Waals surface area (Å²) in [6.07, 6.45) is 2.52. The smallest absolute Gasteiger partial charge is 0.272 e. The lowest BCUT2D eigenvalue weighted by molar-refractivity contribution is -0.385. The Bertz CT molecular complexity index is 634. The number of nitro benzene ring substituents is 1. The summed E-state index contributed by atoms with van der Waals surface area (Å²) in [6.45, 7) is 6.77. The molecule has 6 nitrogen and oxygen atoms in total. The van der Waals surface area contributed by atoms with E-state index in [-0.39, 0.29) is 10.6 Å². The number of benzene rings is 1. The zero-order chi connectivity index (χ0) is 15.4. The number of aryl methyl sites for hydroxylation is 1. The van der Waals surface area contributed by atoms with E-state index in [0.29, 0.717) is 11.6 Å². The molecule has 0 aliphatic carbocycles. The van der Waals surface area contributed by atoms with Gasteiger partial charge < -0.3 is 10.3 Å². The molecule has 0 amide bonds. The molecule has 112 valence electrons.